The van der Waals surface area contributed by atoms with E-state index in [2.05, 4.69) is 10.6 Å². The summed E-state index contributed by atoms with van der Waals surface area (Å²) in [4.78, 5) is 48.4. The molecule has 0 unspecified atom stereocenters. The van der Waals surface area contributed by atoms with Gasteiger partial charge in [0.15, 0.2) is 6.61 Å². The molecule has 0 aromatic heterocycles. The first-order valence-electron chi connectivity index (χ1n) is 7.71. The fourth-order valence-corrected chi connectivity index (χ4v) is 2.52. The number of ether oxygens (including phenoxy) is 1. The van der Waals surface area contributed by atoms with Crippen LogP contribution in [0.4, 0.5) is 10.5 Å². The van der Waals surface area contributed by atoms with Gasteiger partial charge >= 0.3 is 12.0 Å². The van der Waals surface area contributed by atoms with Gasteiger partial charge in [0.1, 0.15) is 12.1 Å². The van der Waals surface area contributed by atoms with Crippen LogP contribution in [-0.2, 0) is 19.1 Å². The third kappa shape index (κ3) is 4.44. The number of benzene rings is 1. The van der Waals surface area contributed by atoms with Gasteiger partial charge in [0.05, 0.1) is 10.0 Å². The van der Waals surface area contributed by atoms with Crippen LogP contribution in [0.25, 0.3) is 0 Å². The molecular weight excluding hydrogens is 385 g/mol. The van der Waals surface area contributed by atoms with E-state index >= 15 is 0 Å². The summed E-state index contributed by atoms with van der Waals surface area (Å²) in [5, 5.41) is 5.60. The molecule has 1 aromatic rings. The van der Waals surface area contributed by atoms with Crippen molar-refractivity contribution in [3.8, 4) is 0 Å². The van der Waals surface area contributed by atoms with Crippen LogP contribution < -0.4 is 10.6 Å². The molecule has 1 atom stereocenters. The minimum Gasteiger partial charge on any atom is -0.454 e. The Morgan fingerprint density at radius 1 is 1.27 bits per heavy atom. The maximum atomic E-state index is 12.2. The summed E-state index contributed by atoms with van der Waals surface area (Å²) in [6.07, 6.45) is 0.384. The first-order valence-corrected chi connectivity index (χ1v) is 8.46. The normalized spacial score (nSPS) is 19.3. The second kappa shape index (κ2) is 7.92. The van der Waals surface area contributed by atoms with Crippen LogP contribution in [0.2, 0.25) is 10.0 Å². The number of halogens is 2. The standard InChI is InChI=1S/C16H17Cl2N3O5/c1-3-16(2)14(24)21(15(25)20-16)7-13(23)26-8-12(22)19-9-4-5-10(17)11(18)6-9/h4-6H,3,7-8H2,1-2H3,(H,19,22)(H,20,25)/t16-/m0/s1. The van der Waals surface area contributed by atoms with Crippen LogP contribution in [0.1, 0.15) is 20.3 Å². The lowest BCUT2D eigenvalue weighted by molar-refractivity contribution is -0.150. The number of imide groups is 1. The zero-order valence-corrected chi connectivity index (χ0v) is 15.6. The molecule has 8 nitrogen and oxygen atoms in total. The highest BCUT2D eigenvalue weighted by atomic mass is 35.5. The zero-order chi connectivity index (χ0) is 19.5. The molecule has 0 bridgehead atoms. The Hall–Kier alpha value is -2.32. The van der Waals surface area contributed by atoms with Gasteiger partial charge in [0.2, 0.25) is 0 Å². The summed E-state index contributed by atoms with van der Waals surface area (Å²) < 4.78 is 4.81. The maximum absolute atomic E-state index is 12.2. The number of nitrogens with one attached hydrogen (secondary N) is 2. The highest BCUT2D eigenvalue weighted by molar-refractivity contribution is 6.42. The summed E-state index contributed by atoms with van der Waals surface area (Å²) in [5.41, 5.74) is -0.656. The predicted molar refractivity (Wildman–Crippen MR) is 95.0 cm³/mol. The molecule has 10 heteroatoms. The van der Waals surface area contributed by atoms with Gasteiger partial charge in [-0.25, -0.2) is 4.79 Å². The number of hydrogen-bond acceptors (Lipinski definition) is 5. The molecule has 1 heterocycles. The fourth-order valence-electron chi connectivity index (χ4n) is 2.22. The molecule has 4 amide bonds. The number of carbonyl (C=O) groups is 4. The molecule has 0 radical (unpaired) electrons. The van der Waals surface area contributed by atoms with E-state index in [9.17, 15) is 19.2 Å². The molecule has 1 aliphatic rings. The largest absolute Gasteiger partial charge is 0.454 e. The predicted octanol–water partition coefficient (Wildman–Crippen LogP) is 2.20. The molecule has 1 aromatic carbocycles. The average molecular weight is 402 g/mol. The summed E-state index contributed by atoms with van der Waals surface area (Å²) in [6.45, 7) is 2.17. The molecule has 2 rings (SSSR count). The molecule has 0 saturated carbocycles. The van der Waals surface area contributed by atoms with Crippen molar-refractivity contribution in [2.75, 3.05) is 18.5 Å². The van der Waals surface area contributed by atoms with Gasteiger partial charge in [0, 0.05) is 5.69 Å². The summed E-state index contributed by atoms with van der Waals surface area (Å²) in [5.74, 6) is -1.99. The molecule has 140 valence electrons. The van der Waals surface area contributed by atoms with E-state index in [-0.39, 0.29) is 5.02 Å². The monoisotopic (exact) mass is 401 g/mol. The molecule has 0 aliphatic carbocycles. The Balaban J connectivity index is 1.85. The van der Waals surface area contributed by atoms with Gasteiger partial charge in [-0.05, 0) is 31.5 Å². The summed E-state index contributed by atoms with van der Waals surface area (Å²) in [6, 6.07) is 3.82. The van der Waals surface area contributed by atoms with Crippen LogP contribution in [0.15, 0.2) is 18.2 Å². The summed E-state index contributed by atoms with van der Waals surface area (Å²) in [7, 11) is 0. The molecule has 1 fully saturated rings. The number of carbonyl (C=O) groups excluding carboxylic acids is 4. The minimum atomic E-state index is -1.04. The molecule has 1 saturated heterocycles. The molecule has 2 N–H and O–H groups in total. The van der Waals surface area contributed by atoms with Gasteiger partial charge in [-0.3, -0.25) is 19.3 Å². The van der Waals surface area contributed by atoms with Crippen molar-refractivity contribution < 1.29 is 23.9 Å². The highest BCUT2D eigenvalue weighted by Gasteiger charge is 2.47. The zero-order valence-electron chi connectivity index (χ0n) is 14.1. The highest BCUT2D eigenvalue weighted by Crippen LogP contribution is 2.25. The van der Waals surface area contributed by atoms with Crippen molar-refractivity contribution >= 4 is 52.7 Å². The van der Waals surface area contributed by atoms with Crippen molar-refractivity contribution in [1.82, 2.24) is 10.2 Å². The van der Waals surface area contributed by atoms with Crippen molar-refractivity contribution in [1.29, 1.82) is 0 Å². The molecular formula is C16H17Cl2N3O5. The van der Waals surface area contributed by atoms with Gasteiger partial charge in [0.25, 0.3) is 11.8 Å². The van der Waals surface area contributed by atoms with Crippen LogP contribution in [-0.4, -0.2) is 47.4 Å². The number of amides is 4. The van der Waals surface area contributed by atoms with Crippen LogP contribution in [0.3, 0.4) is 0 Å². The Morgan fingerprint density at radius 3 is 2.54 bits per heavy atom. The topological polar surface area (TPSA) is 105 Å². The Labute approximate surface area is 159 Å². The number of hydrogen-bond donors (Lipinski definition) is 2. The molecule has 26 heavy (non-hydrogen) atoms. The second-order valence-corrected chi connectivity index (χ2v) is 6.66. The number of rotatable bonds is 6. The maximum Gasteiger partial charge on any atom is 0.326 e. The van der Waals surface area contributed by atoms with Gasteiger partial charge in [-0.1, -0.05) is 30.1 Å². The number of esters is 1. The first kappa shape index (κ1) is 20.0. The lowest BCUT2D eigenvalue weighted by Crippen LogP contribution is -2.43. The second-order valence-electron chi connectivity index (χ2n) is 5.84. The Bertz CT molecular complexity index is 770. The lowest BCUT2D eigenvalue weighted by Gasteiger charge is -2.18. The van der Waals surface area contributed by atoms with E-state index in [1.807, 2.05) is 0 Å². The van der Waals surface area contributed by atoms with Crippen LogP contribution in [0.5, 0.6) is 0 Å². The SMILES string of the molecule is CC[C@]1(C)NC(=O)N(CC(=O)OCC(=O)Nc2ccc(Cl)c(Cl)c2)C1=O. The van der Waals surface area contributed by atoms with E-state index < -0.39 is 42.5 Å². The van der Waals surface area contributed by atoms with E-state index in [4.69, 9.17) is 27.9 Å². The minimum absolute atomic E-state index is 0.263. The smallest absolute Gasteiger partial charge is 0.326 e. The Kier molecular flexibility index (Phi) is 6.09. The Morgan fingerprint density at radius 2 is 1.96 bits per heavy atom. The number of nitrogens with zero attached hydrogens (tertiary/aromatic N) is 1. The van der Waals surface area contributed by atoms with Gasteiger partial charge in [-0.2, -0.15) is 0 Å². The van der Waals surface area contributed by atoms with E-state index in [1.54, 1.807) is 13.8 Å². The molecule has 1 aliphatic heterocycles. The summed E-state index contributed by atoms with van der Waals surface area (Å²) >= 11 is 11.6. The van der Waals surface area contributed by atoms with Crippen molar-refractivity contribution in [2.45, 2.75) is 25.8 Å². The lowest BCUT2D eigenvalue weighted by atomic mass is 9.99. The van der Waals surface area contributed by atoms with E-state index in [0.29, 0.717) is 17.1 Å². The third-order valence-electron chi connectivity index (χ3n) is 3.91. The van der Waals surface area contributed by atoms with Crippen LogP contribution >= 0.6 is 23.2 Å². The van der Waals surface area contributed by atoms with E-state index in [1.165, 1.54) is 18.2 Å². The van der Waals surface area contributed by atoms with Crippen molar-refractivity contribution in [3.05, 3.63) is 28.2 Å². The average Bonchev–Trinajstić information content (AvgIpc) is 2.80. The van der Waals surface area contributed by atoms with Crippen molar-refractivity contribution in [2.24, 2.45) is 0 Å². The first-order chi connectivity index (χ1) is 12.2. The van der Waals surface area contributed by atoms with Gasteiger partial charge < -0.3 is 15.4 Å². The third-order valence-corrected chi connectivity index (χ3v) is 4.65. The number of urea groups is 1. The fraction of sp³-hybridized carbons (Fsp3) is 0.375. The van der Waals surface area contributed by atoms with E-state index in [0.717, 1.165) is 4.90 Å². The molecule has 0 spiro atoms. The van der Waals surface area contributed by atoms with Gasteiger partial charge in [-0.15, -0.1) is 0 Å². The number of anilines is 1. The van der Waals surface area contributed by atoms with Crippen LogP contribution in [0, 0.1) is 0 Å². The quantitative estimate of drug-likeness (QED) is 0.561. The van der Waals surface area contributed by atoms with Crippen molar-refractivity contribution in [3.63, 3.8) is 0 Å².